The molecule has 2 aromatic carbocycles. The Kier molecular flexibility index (Phi) is 6.53. The quantitative estimate of drug-likeness (QED) is 0.489. The van der Waals surface area contributed by atoms with E-state index in [0.717, 1.165) is 48.1 Å². The molecule has 3 rings (SSSR count). The highest BCUT2D eigenvalue weighted by atomic mass is 16.5. The molecule has 0 aliphatic heterocycles. The number of aryl methyl sites for hydroxylation is 2. The van der Waals surface area contributed by atoms with E-state index in [4.69, 9.17) is 9.73 Å². The summed E-state index contributed by atoms with van der Waals surface area (Å²) in [6.45, 7) is 6.26. The van der Waals surface area contributed by atoms with Gasteiger partial charge in [-0.15, -0.1) is 0 Å². The molecular weight excluding hydrogens is 350 g/mol. The van der Waals surface area contributed by atoms with Gasteiger partial charge >= 0.3 is 0 Å². The van der Waals surface area contributed by atoms with E-state index in [0.29, 0.717) is 6.54 Å². The average Bonchev–Trinajstić information content (AvgIpc) is 3.02. The number of benzene rings is 2. The molecule has 0 fully saturated rings. The van der Waals surface area contributed by atoms with Crippen LogP contribution in [0, 0.1) is 6.92 Å². The number of hydrogen-bond acceptors (Lipinski definition) is 3. The Labute approximate surface area is 166 Å². The molecule has 1 heterocycles. The van der Waals surface area contributed by atoms with E-state index in [1.165, 1.54) is 11.1 Å². The van der Waals surface area contributed by atoms with Gasteiger partial charge in [0.2, 0.25) is 0 Å². The van der Waals surface area contributed by atoms with Gasteiger partial charge in [-0.05, 0) is 44.0 Å². The first-order valence-electron chi connectivity index (χ1n) is 9.68. The van der Waals surface area contributed by atoms with E-state index < -0.39 is 0 Å². The average molecular weight is 380 g/mol. The van der Waals surface area contributed by atoms with Gasteiger partial charge in [0.1, 0.15) is 18.1 Å². The molecule has 28 heavy (non-hydrogen) atoms. The number of rotatable bonds is 7. The molecule has 0 radical (unpaired) electrons. The van der Waals surface area contributed by atoms with E-state index >= 15 is 0 Å². The zero-order valence-corrected chi connectivity index (χ0v) is 17.1. The lowest BCUT2D eigenvalue weighted by atomic mass is 10.1. The van der Waals surface area contributed by atoms with Crippen molar-refractivity contribution in [1.82, 2.24) is 20.2 Å². The number of fused-ring (bicyclic) bond motifs is 1. The van der Waals surface area contributed by atoms with Gasteiger partial charge in [-0.1, -0.05) is 29.8 Å². The van der Waals surface area contributed by atoms with Crippen LogP contribution >= 0.6 is 0 Å². The van der Waals surface area contributed by atoms with Crippen molar-refractivity contribution in [3.63, 3.8) is 0 Å². The molecule has 0 amide bonds. The van der Waals surface area contributed by atoms with Gasteiger partial charge in [0.05, 0.1) is 18.1 Å². The van der Waals surface area contributed by atoms with Crippen LogP contribution in [0.5, 0.6) is 5.75 Å². The molecule has 0 saturated heterocycles. The highest BCUT2D eigenvalue weighted by Gasteiger charge is 2.08. The van der Waals surface area contributed by atoms with Crippen LogP contribution in [0.2, 0.25) is 0 Å². The maximum absolute atomic E-state index is 5.47. The van der Waals surface area contributed by atoms with Crippen molar-refractivity contribution in [2.45, 2.75) is 26.8 Å². The molecule has 0 atom stereocenters. The lowest BCUT2D eigenvalue weighted by Gasteiger charge is -2.13. The Morgan fingerprint density at radius 1 is 1.18 bits per heavy atom. The number of aliphatic imine (C=N–C) groups is 1. The summed E-state index contributed by atoms with van der Waals surface area (Å²) in [4.78, 5) is 9.40. The fraction of sp³-hybridized carbons (Fsp3) is 0.364. The monoisotopic (exact) mass is 379 g/mol. The fourth-order valence-corrected chi connectivity index (χ4v) is 3.25. The first-order chi connectivity index (χ1) is 13.6. The number of para-hydroxylation sites is 2. The summed E-state index contributed by atoms with van der Waals surface area (Å²) in [6, 6.07) is 14.4. The van der Waals surface area contributed by atoms with Crippen LogP contribution in [0.1, 0.15) is 23.9 Å². The van der Waals surface area contributed by atoms with Gasteiger partial charge in [-0.25, -0.2) is 9.98 Å². The van der Waals surface area contributed by atoms with Crippen LogP contribution in [0.3, 0.4) is 0 Å². The zero-order chi connectivity index (χ0) is 19.9. The maximum Gasteiger partial charge on any atom is 0.191 e. The minimum atomic E-state index is 0.522. The summed E-state index contributed by atoms with van der Waals surface area (Å²) in [5.41, 5.74) is 4.55. The molecule has 148 valence electrons. The van der Waals surface area contributed by atoms with Crippen LogP contribution < -0.4 is 15.4 Å². The predicted molar refractivity (Wildman–Crippen MR) is 115 cm³/mol. The van der Waals surface area contributed by atoms with Crippen molar-refractivity contribution in [2.24, 2.45) is 12.0 Å². The van der Waals surface area contributed by atoms with Crippen molar-refractivity contribution < 1.29 is 4.74 Å². The van der Waals surface area contributed by atoms with Crippen LogP contribution in [-0.2, 0) is 20.0 Å². The first kappa shape index (κ1) is 19.7. The second-order valence-electron chi connectivity index (χ2n) is 6.76. The minimum absolute atomic E-state index is 0.522. The van der Waals surface area contributed by atoms with E-state index in [1.54, 1.807) is 7.11 Å². The van der Waals surface area contributed by atoms with Crippen LogP contribution in [0.15, 0.2) is 47.5 Å². The Hall–Kier alpha value is -3.02. The third-order valence-electron chi connectivity index (χ3n) is 4.73. The Morgan fingerprint density at radius 3 is 2.75 bits per heavy atom. The fourth-order valence-electron chi connectivity index (χ4n) is 3.25. The van der Waals surface area contributed by atoms with Crippen molar-refractivity contribution in [1.29, 1.82) is 0 Å². The molecule has 1 aromatic heterocycles. The number of nitrogens with zero attached hydrogens (tertiary/aromatic N) is 3. The third-order valence-corrected chi connectivity index (χ3v) is 4.73. The lowest BCUT2D eigenvalue weighted by molar-refractivity contribution is 0.409. The van der Waals surface area contributed by atoms with Gasteiger partial charge in [-0.3, -0.25) is 0 Å². The Bertz CT molecular complexity index is 961. The molecule has 3 aromatic rings. The number of ether oxygens (including phenoxy) is 1. The molecule has 0 unspecified atom stereocenters. The summed E-state index contributed by atoms with van der Waals surface area (Å²) in [5.74, 6) is 2.66. The van der Waals surface area contributed by atoms with Crippen LogP contribution in [0.25, 0.3) is 11.0 Å². The number of aromatic nitrogens is 2. The third kappa shape index (κ3) is 4.63. The molecule has 0 aliphatic carbocycles. The van der Waals surface area contributed by atoms with Crippen molar-refractivity contribution in [2.75, 3.05) is 20.2 Å². The standard InChI is InChI=1S/C22H29N5O/c1-5-23-22(24-13-12-17-14-16(2)10-11-20(17)28-4)25-15-21-26-18-8-6-7-9-19(18)27(21)3/h6-11,14H,5,12-13,15H2,1-4H3,(H2,23,24,25). The Morgan fingerprint density at radius 2 is 2.00 bits per heavy atom. The number of methoxy groups -OCH3 is 1. The van der Waals surface area contributed by atoms with E-state index in [2.05, 4.69) is 52.2 Å². The molecule has 6 nitrogen and oxygen atoms in total. The SMILES string of the molecule is CCNC(=NCc1nc2ccccc2n1C)NCCc1cc(C)ccc1OC. The lowest BCUT2D eigenvalue weighted by Crippen LogP contribution is -2.38. The zero-order valence-electron chi connectivity index (χ0n) is 17.1. The number of hydrogen-bond donors (Lipinski definition) is 2. The first-order valence-corrected chi connectivity index (χ1v) is 9.68. The Balaban J connectivity index is 1.66. The molecule has 0 aliphatic rings. The van der Waals surface area contributed by atoms with Crippen molar-refractivity contribution in [3.8, 4) is 5.75 Å². The normalized spacial score (nSPS) is 11.6. The van der Waals surface area contributed by atoms with Crippen LogP contribution in [-0.4, -0.2) is 35.7 Å². The maximum atomic E-state index is 5.47. The summed E-state index contributed by atoms with van der Waals surface area (Å²) in [5, 5.41) is 6.71. The van der Waals surface area contributed by atoms with Crippen molar-refractivity contribution in [3.05, 3.63) is 59.4 Å². The van der Waals surface area contributed by atoms with E-state index in [1.807, 2.05) is 31.3 Å². The molecule has 0 saturated carbocycles. The van der Waals surface area contributed by atoms with Gasteiger partial charge in [0.25, 0.3) is 0 Å². The van der Waals surface area contributed by atoms with E-state index in [9.17, 15) is 0 Å². The van der Waals surface area contributed by atoms with E-state index in [-0.39, 0.29) is 0 Å². The minimum Gasteiger partial charge on any atom is -0.496 e. The number of guanidine groups is 1. The van der Waals surface area contributed by atoms with Crippen LogP contribution in [0.4, 0.5) is 0 Å². The van der Waals surface area contributed by atoms with Gasteiger partial charge in [0, 0.05) is 20.1 Å². The van der Waals surface area contributed by atoms with Gasteiger partial charge in [-0.2, -0.15) is 0 Å². The topological polar surface area (TPSA) is 63.5 Å². The molecule has 2 N–H and O–H groups in total. The van der Waals surface area contributed by atoms with Gasteiger partial charge in [0.15, 0.2) is 5.96 Å². The molecular formula is C22H29N5O. The summed E-state index contributed by atoms with van der Waals surface area (Å²) in [7, 11) is 3.74. The number of nitrogens with one attached hydrogen (secondary N) is 2. The molecule has 0 spiro atoms. The molecule has 6 heteroatoms. The van der Waals surface area contributed by atoms with Crippen molar-refractivity contribution >= 4 is 17.0 Å². The largest absolute Gasteiger partial charge is 0.496 e. The second-order valence-corrected chi connectivity index (χ2v) is 6.76. The summed E-state index contributed by atoms with van der Waals surface area (Å²) < 4.78 is 7.57. The summed E-state index contributed by atoms with van der Waals surface area (Å²) >= 11 is 0. The highest BCUT2D eigenvalue weighted by molar-refractivity contribution is 5.80. The van der Waals surface area contributed by atoms with Gasteiger partial charge < -0.3 is 19.9 Å². The predicted octanol–water partition coefficient (Wildman–Crippen LogP) is 3.19. The smallest absolute Gasteiger partial charge is 0.191 e. The second kappa shape index (κ2) is 9.26. The summed E-state index contributed by atoms with van der Waals surface area (Å²) in [6.07, 6.45) is 0.863. The number of imidazole rings is 1. The highest BCUT2D eigenvalue weighted by Crippen LogP contribution is 2.19. The molecule has 0 bridgehead atoms.